The van der Waals surface area contributed by atoms with E-state index in [1.165, 1.54) is 11.1 Å². The molecule has 0 amide bonds. The Hall–Kier alpha value is -1.59. The number of fused-ring (bicyclic) bond motifs is 1. The van der Waals surface area contributed by atoms with Gasteiger partial charge in [-0.2, -0.15) is 5.26 Å². The lowest BCUT2D eigenvalue weighted by Gasteiger charge is -2.17. The van der Waals surface area contributed by atoms with E-state index in [1.807, 2.05) is 6.07 Å². The van der Waals surface area contributed by atoms with E-state index in [9.17, 15) is 0 Å². The van der Waals surface area contributed by atoms with Crippen LogP contribution in [0.5, 0.6) is 0 Å². The van der Waals surface area contributed by atoms with Crippen molar-refractivity contribution in [2.45, 2.75) is 31.3 Å². The van der Waals surface area contributed by atoms with Gasteiger partial charge in [0.25, 0.3) is 0 Å². The minimum atomic E-state index is 0.154. The fraction of sp³-hybridized carbons (Fsp3) is 0.400. The van der Waals surface area contributed by atoms with E-state index in [0.29, 0.717) is 6.04 Å². The fourth-order valence-corrected chi connectivity index (χ4v) is 3.07. The third kappa shape index (κ3) is 1.87. The minimum absolute atomic E-state index is 0.154. The van der Waals surface area contributed by atoms with Crippen molar-refractivity contribution in [2.75, 3.05) is 6.54 Å². The van der Waals surface area contributed by atoms with E-state index in [1.54, 1.807) is 0 Å². The molecule has 3 rings (SSSR count). The van der Waals surface area contributed by atoms with Crippen LogP contribution in [-0.2, 0) is 0 Å². The van der Waals surface area contributed by atoms with Crippen LogP contribution in [0.25, 0.3) is 6.08 Å². The summed E-state index contributed by atoms with van der Waals surface area (Å²) < 4.78 is 0. The summed E-state index contributed by atoms with van der Waals surface area (Å²) in [5.74, 6) is 0. The largest absolute Gasteiger partial charge is 0.281 e. The molecular formula is C15H16N2. The zero-order valence-electron chi connectivity index (χ0n) is 9.84. The molecule has 2 nitrogen and oxygen atoms in total. The normalized spacial score (nSPS) is 30.4. The van der Waals surface area contributed by atoms with E-state index < -0.39 is 0 Å². The number of nitrogens with zero attached hydrogens (tertiary/aromatic N) is 2. The average molecular weight is 224 g/mol. The Labute approximate surface area is 102 Å². The number of hydrogen-bond acceptors (Lipinski definition) is 2. The molecule has 2 fully saturated rings. The van der Waals surface area contributed by atoms with Crippen molar-refractivity contribution in [3.63, 3.8) is 0 Å². The lowest BCUT2D eigenvalue weighted by Crippen LogP contribution is -2.30. The Morgan fingerprint density at radius 3 is 2.82 bits per heavy atom. The molecular weight excluding hydrogens is 208 g/mol. The maximum atomic E-state index is 9.08. The van der Waals surface area contributed by atoms with Gasteiger partial charge >= 0.3 is 0 Å². The highest BCUT2D eigenvalue weighted by molar-refractivity contribution is 5.55. The average Bonchev–Trinajstić information content (AvgIpc) is 2.93. The van der Waals surface area contributed by atoms with E-state index in [-0.39, 0.29) is 6.04 Å². The highest BCUT2D eigenvalue weighted by Crippen LogP contribution is 2.36. The second-order valence-corrected chi connectivity index (χ2v) is 4.86. The first-order valence-corrected chi connectivity index (χ1v) is 6.29. The molecule has 0 radical (unpaired) electrons. The van der Waals surface area contributed by atoms with Gasteiger partial charge in [-0.15, -0.1) is 0 Å². The lowest BCUT2D eigenvalue weighted by molar-refractivity contribution is 0.295. The number of benzene rings is 1. The third-order valence-corrected chi connectivity index (χ3v) is 3.90. The van der Waals surface area contributed by atoms with Crippen LogP contribution in [0.3, 0.4) is 0 Å². The van der Waals surface area contributed by atoms with Gasteiger partial charge < -0.3 is 0 Å². The molecule has 0 bridgehead atoms. The first kappa shape index (κ1) is 10.6. The van der Waals surface area contributed by atoms with Crippen molar-refractivity contribution < 1.29 is 0 Å². The maximum Gasteiger partial charge on any atom is 0.0983 e. The van der Waals surface area contributed by atoms with E-state index in [0.717, 1.165) is 25.8 Å². The second-order valence-electron chi connectivity index (χ2n) is 4.86. The molecule has 2 aliphatic heterocycles. The molecule has 0 N–H and O–H groups in total. The van der Waals surface area contributed by atoms with Gasteiger partial charge in [0.05, 0.1) is 12.1 Å². The zero-order chi connectivity index (χ0) is 11.7. The molecule has 17 heavy (non-hydrogen) atoms. The Bertz CT molecular complexity index is 469. The monoisotopic (exact) mass is 224 g/mol. The van der Waals surface area contributed by atoms with Gasteiger partial charge in [-0.25, -0.2) is 0 Å². The molecule has 1 aromatic carbocycles. The highest BCUT2D eigenvalue weighted by Gasteiger charge is 2.39. The molecule has 86 valence electrons. The summed E-state index contributed by atoms with van der Waals surface area (Å²) in [6.45, 7) is 1.06. The van der Waals surface area contributed by atoms with Crippen LogP contribution < -0.4 is 0 Å². The molecule has 1 aromatic rings. The molecule has 0 aromatic heterocycles. The molecule has 2 heteroatoms. The van der Waals surface area contributed by atoms with Crippen molar-refractivity contribution in [3.05, 3.63) is 41.5 Å². The SMILES string of the molecule is N#C[C@H]1CC[C@@H]2/C(=C\c3ccccc3)CCN21. The number of rotatable bonds is 1. The molecule has 0 unspecified atom stereocenters. The van der Waals surface area contributed by atoms with Crippen molar-refractivity contribution in [3.8, 4) is 6.07 Å². The van der Waals surface area contributed by atoms with Gasteiger partial charge in [0, 0.05) is 12.6 Å². The molecule has 2 saturated heterocycles. The minimum Gasteiger partial charge on any atom is -0.281 e. The van der Waals surface area contributed by atoms with Gasteiger partial charge in [0.2, 0.25) is 0 Å². The summed E-state index contributed by atoms with van der Waals surface area (Å²) in [5, 5.41) is 9.08. The standard InChI is InChI=1S/C15H16N2/c16-11-14-6-7-15-13(8-9-17(14)15)10-12-4-2-1-3-5-12/h1-5,10,14-15H,6-9H2/b13-10-/t14-,15-/m1/s1. The van der Waals surface area contributed by atoms with Gasteiger partial charge in [-0.3, -0.25) is 4.90 Å². The molecule has 2 aliphatic rings. The van der Waals surface area contributed by atoms with Crippen LogP contribution in [0.1, 0.15) is 24.8 Å². The third-order valence-electron chi connectivity index (χ3n) is 3.90. The van der Waals surface area contributed by atoms with Crippen LogP contribution in [0.15, 0.2) is 35.9 Å². The van der Waals surface area contributed by atoms with Crippen molar-refractivity contribution in [2.24, 2.45) is 0 Å². The van der Waals surface area contributed by atoms with E-state index in [4.69, 9.17) is 5.26 Å². The Morgan fingerprint density at radius 2 is 2.06 bits per heavy atom. The second kappa shape index (κ2) is 4.35. The van der Waals surface area contributed by atoms with Gasteiger partial charge in [-0.1, -0.05) is 42.0 Å². The van der Waals surface area contributed by atoms with Gasteiger partial charge in [0.15, 0.2) is 0 Å². The predicted molar refractivity (Wildman–Crippen MR) is 68.2 cm³/mol. The first-order valence-electron chi connectivity index (χ1n) is 6.29. The molecule has 0 saturated carbocycles. The van der Waals surface area contributed by atoms with Crippen LogP contribution in [0, 0.1) is 11.3 Å². The van der Waals surface area contributed by atoms with Gasteiger partial charge in [-0.05, 0) is 24.8 Å². The Morgan fingerprint density at radius 1 is 1.24 bits per heavy atom. The Balaban J connectivity index is 1.84. The molecule has 0 spiro atoms. The highest BCUT2D eigenvalue weighted by atomic mass is 15.2. The topological polar surface area (TPSA) is 27.0 Å². The van der Waals surface area contributed by atoms with Crippen LogP contribution >= 0.6 is 0 Å². The summed E-state index contributed by atoms with van der Waals surface area (Å²) >= 11 is 0. The van der Waals surface area contributed by atoms with Gasteiger partial charge in [0.1, 0.15) is 0 Å². The summed E-state index contributed by atoms with van der Waals surface area (Å²) in [7, 11) is 0. The van der Waals surface area contributed by atoms with Crippen molar-refractivity contribution >= 4 is 6.08 Å². The van der Waals surface area contributed by atoms with Crippen molar-refractivity contribution in [1.82, 2.24) is 4.90 Å². The summed E-state index contributed by atoms with van der Waals surface area (Å²) in [6.07, 6.45) is 5.62. The Kier molecular flexibility index (Phi) is 2.70. The lowest BCUT2D eigenvalue weighted by atomic mass is 10.0. The van der Waals surface area contributed by atoms with E-state index >= 15 is 0 Å². The van der Waals surface area contributed by atoms with Crippen LogP contribution in [-0.4, -0.2) is 23.5 Å². The number of nitriles is 1. The number of hydrogen-bond donors (Lipinski definition) is 0. The smallest absolute Gasteiger partial charge is 0.0983 e. The summed E-state index contributed by atoms with van der Waals surface area (Å²) in [4.78, 5) is 2.37. The zero-order valence-corrected chi connectivity index (χ0v) is 9.84. The van der Waals surface area contributed by atoms with E-state index in [2.05, 4.69) is 41.3 Å². The van der Waals surface area contributed by atoms with Crippen LogP contribution in [0.4, 0.5) is 0 Å². The predicted octanol–water partition coefficient (Wildman–Crippen LogP) is 2.83. The molecule has 2 atom stereocenters. The summed E-state index contributed by atoms with van der Waals surface area (Å²) in [5.41, 5.74) is 2.79. The quantitative estimate of drug-likeness (QED) is 0.733. The van der Waals surface area contributed by atoms with Crippen LogP contribution in [0.2, 0.25) is 0 Å². The maximum absolute atomic E-state index is 9.08. The summed E-state index contributed by atoms with van der Waals surface area (Å²) in [6, 6.07) is 13.6. The first-order chi connectivity index (χ1) is 8.38. The van der Waals surface area contributed by atoms with Crippen molar-refractivity contribution in [1.29, 1.82) is 5.26 Å². The molecule has 2 heterocycles. The fourth-order valence-electron chi connectivity index (χ4n) is 3.07. The molecule has 0 aliphatic carbocycles.